The van der Waals surface area contributed by atoms with Crippen molar-refractivity contribution >= 4 is 17.3 Å². The van der Waals surface area contributed by atoms with Crippen LogP contribution in [-0.4, -0.2) is 31.1 Å². The van der Waals surface area contributed by atoms with E-state index in [0.717, 1.165) is 28.0 Å². The maximum Gasteiger partial charge on any atom is 0.191 e. The first-order valence-electron chi connectivity index (χ1n) is 8.47. The van der Waals surface area contributed by atoms with Crippen LogP contribution in [0.5, 0.6) is 5.75 Å². The van der Waals surface area contributed by atoms with E-state index in [9.17, 15) is 0 Å². The Labute approximate surface area is 157 Å². The molecule has 134 valence electrons. The van der Waals surface area contributed by atoms with E-state index in [1.165, 1.54) is 0 Å². The summed E-state index contributed by atoms with van der Waals surface area (Å²) in [5, 5.41) is 9.62. The molecule has 0 unspecified atom stereocenters. The number of aliphatic imine (C=N–C) groups is 1. The van der Waals surface area contributed by atoms with E-state index in [1.807, 2.05) is 48.5 Å². The number of hydrogen-bond acceptors (Lipinski definition) is 4. The molecule has 0 saturated carbocycles. The fourth-order valence-corrected chi connectivity index (χ4v) is 3.11. The van der Waals surface area contributed by atoms with E-state index in [4.69, 9.17) is 4.74 Å². The number of ether oxygens (including phenoxy) is 1. The van der Waals surface area contributed by atoms with Gasteiger partial charge in [0, 0.05) is 18.0 Å². The average molecular weight is 366 g/mol. The Morgan fingerprint density at radius 3 is 2.50 bits per heavy atom. The lowest BCUT2D eigenvalue weighted by molar-refractivity contribution is 0.322. The van der Waals surface area contributed by atoms with Crippen molar-refractivity contribution in [3.05, 3.63) is 71.1 Å². The summed E-state index contributed by atoms with van der Waals surface area (Å²) in [6.07, 6.45) is 0. The summed E-state index contributed by atoms with van der Waals surface area (Å²) in [5.41, 5.74) is 2.14. The number of hydrogen-bond donors (Lipinski definition) is 2. The van der Waals surface area contributed by atoms with Gasteiger partial charge < -0.3 is 15.4 Å². The van der Waals surface area contributed by atoms with Gasteiger partial charge in [-0.15, -0.1) is 11.3 Å². The molecule has 0 saturated heterocycles. The van der Waals surface area contributed by atoms with E-state index < -0.39 is 0 Å². The highest BCUT2D eigenvalue weighted by Gasteiger charge is 2.05. The van der Waals surface area contributed by atoms with Gasteiger partial charge in [-0.2, -0.15) is 0 Å². The van der Waals surface area contributed by atoms with Crippen LogP contribution in [0.4, 0.5) is 0 Å². The normalized spacial score (nSPS) is 11.2. The topological polar surface area (TPSA) is 58.5 Å². The molecule has 0 radical (unpaired) electrons. The maximum atomic E-state index is 5.66. The number of rotatable bonds is 7. The third-order valence-electron chi connectivity index (χ3n) is 3.66. The first-order valence-corrected chi connectivity index (χ1v) is 9.35. The first-order chi connectivity index (χ1) is 12.8. The van der Waals surface area contributed by atoms with Gasteiger partial charge >= 0.3 is 0 Å². The van der Waals surface area contributed by atoms with Crippen molar-refractivity contribution in [3.8, 4) is 17.0 Å². The molecule has 1 aromatic heterocycles. The van der Waals surface area contributed by atoms with Crippen molar-refractivity contribution in [2.75, 3.05) is 20.2 Å². The molecule has 0 atom stereocenters. The number of nitrogens with zero attached hydrogens (tertiary/aromatic N) is 2. The van der Waals surface area contributed by atoms with Crippen LogP contribution in [0.25, 0.3) is 11.3 Å². The van der Waals surface area contributed by atoms with Gasteiger partial charge in [-0.1, -0.05) is 48.5 Å². The van der Waals surface area contributed by atoms with Crippen LogP contribution in [-0.2, 0) is 6.54 Å². The van der Waals surface area contributed by atoms with E-state index in [-0.39, 0.29) is 0 Å². The Hall–Kier alpha value is -2.86. The maximum absolute atomic E-state index is 5.66. The molecule has 3 aromatic rings. The molecule has 0 fully saturated rings. The van der Waals surface area contributed by atoms with Gasteiger partial charge in [0.25, 0.3) is 0 Å². The summed E-state index contributed by atoms with van der Waals surface area (Å²) < 4.78 is 5.66. The van der Waals surface area contributed by atoms with Crippen molar-refractivity contribution in [2.45, 2.75) is 6.54 Å². The predicted molar refractivity (Wildman–Crippen MR) is 108 cm³/mol. The number of aromatic nitrogens is 1. The minimum Gasteiger partial charge on any atom is -0.492 e. The first kappa shape index (κ1) is 17.9. The van der Waals surface area contributed by atoms with E-state index in [0.29, 0.717) is 19.7 Å². The zero-order valence-electron chi connectivity index (χ0n) is 14.7. The smallest absolute Gasteiger partial charge is 0.191 e. The second kappa shape index (κ2) is 9.58. The van der Waals surface area contributed by atoms with Crippen LogP contribution in [0.2, 0.25) is 0 Å². The second-order valence-corrected chi connectivity index (χ2v) is 6.45. The summed E-state index contributed by atoms with van der Waals surface area (Å²) in [6.45, 7) is 1.87. The van der Waals surface area contributed by atoms with Gasteiger partial charge in [0.2, 0.25) is 0 Å². The molecule has 0 aliphatic carbocycles. The SMILES string of the molecule is CN=C(NCCOc1ccccc1)NCc1nc(-c2ccccc2)cs1. The minimum atomic E-state index is 0.570. The van der Waals surface area contributed by atoms with Gasteiger partial charge in [0.05, 0.1) is 18.8 Å². The number of guanidine groups is 1. The van der Waals surface area contributed by atoms with Gasteiger partial charge in [0.15, 0.2) is 5.96 Å². The highest BCUT2D eigenvalue weighted by molar-refractivity contribution is 7.09. The lowest BCUT2D eigenvalue weighted by atomic mass is 10.2. The van der Waals surface area contributed by atoms with Crippen molar-refractivity contribution in [3.63, 3.8) is 0 Å². The third-order valence-corrected chi connectivity index (χ3v) is 4.51. The molecular weight excluding hydrogens is 344 g/mol. The largest absolute Gasteiger partial charge is 0.492 e. The van der Waals surface area contributed by atoms with E-state index in [1.54, 1.807) is 18.4 Å². The Morgan fingerprint density at radius 1 is 1.04 bits per heavy atom. The molecular formula is C20H22N4OS. The van der Waals surface area contributed by atoms with Gasteiger partial charge in [0.1, 0.15) is 17.4 Å². The summed E-state index contributed by atoms with van der Waals surface area (Å²) in [4.78, 5) is 8.90. The van der Waals surface area contributed by atoms with Gasteiger partial charge in [-0.05, 0) is 12.1 Å². The quantitative estimate of drug-likeness (QED) is 0.381. The second-order valence-electron chi connectivity index (χ2n) is 5.51. The Kier molecular flexibility index (Phi) is 6.61. The summed E-state index contributed by atoms with van der Waals surface area (Å²) >= 11 is 1.64. The molecule has 0 bridgehead atoms. The fraction of sp³-hybridized carbons (Fsp3) is 0.200. The van der Waals surface area contributed by atoms with Crippen molar-refractivity contribution in [1.82, 2.24) is 15.6 Å². The Bertz CT molecular complexity index is 818. The average Bonchev–Trinajstić information content (AvgIpc) is 3.18. The highest BCUT2D eigenvalue weighted by atomic mass is 32.1. The summed E-state index contributed by atoms with van der Waals surface area (Å²) in [7, 11) is 1.75. The van der Waals surface area contributed by atoms with Gasteiger partial charge in [-0.25, -0.2) is 4.98 Å². The van der Waals surface area contributed by atoms with Gasteiger partial charge in [-0.3, -0.25) is 4.99 Å². The van der Waals surface area contributed by atoms with Crippen LogP contribution in [0.15, 0.2) is 71.0 Å². The van der Waals surface area contributed by atoms with Crippen molar-refractivity contribution in [2.24, 2.45) is 4.99 Å². The summed E-state index contributed by atoms with van der Waals surface area (Å²) in [5.74, 6) is 1.60. The van der Waals surface area contributed by atoms with Crippen molar-refractivity contribution < 1.29 is 4.74 Å². The molecule has 0 aliphatic rings. The summed E-state index contributed by atoms with van der Waals surface area (Å²) in [6, 6.07) is 20.0. The zero-order chi connectivity index (χ0) is 18.0. The van der Waals surface area contributed by atoms with E-state index in [2.05, 4.69) is 38.1 Å². The van der Waals surface area contributed by atoms with Crippen LogP contribution in [0, 0.1) is 0 Å². The predicted octanol–water partition coefficient (Wildman–Crippen LogP) is 3.55. The Morgan fingerprint density at radius 2 is 1.77 bits per heavy atom. The van der Waals surface area contributed by atoms with Crippen LogP contribution in [0.3, 0.4) is 0 Å². The number of para-hydroxylation sites is 1. The standard InChI is InChI=1S/C20H22N4OS/c1-21-20(22-12-13-25-17-10-6-3-7-11-17)23-14-19-24-18(15-26-19)16-8-4-2-5-9-16/h2-11,15H,12-14H2,1H3,(H2,21,22,23). The molecule has 6 heteroatoms. The molecule has 0 amide bonds. The van der Waals surface area contributed by atoms with Crippen LogP contribution < -0.4 is 15.4 Å². The number of thiazole rings is 1. The fourth-order valence-electron chi connectivity index (χ4n) is 2.37. The molecule has 0 aliphatic heterocycles. The molecule has 2 N–H and O–H groups in total. The monoisotopic (exact) mass is 366 g/mol. The Balaban J connectivity index is 1.42. The molecule has 2 aromatic carbocycles. The van der Waals surface area contributed by atoms with Crippen molar-refractivity contribution in [1.29, 1.82) is 0 Å². The number of nitrogens with one attached hydrogen (secondary N) is 2. The molecule has 26 heavy (non-hydrogen) atoms. The molecule has 0 spiro atoms. The zero-order valence-corrected chi connectivity index (χ0v) is 15.5. The lowest BCUT2D eigenvalue weighted by Crippen LogP contribution is -2.38. The minimum absolute atomic E-state index is 0.570. The third kappa shape index (κ3) is 5.32. The number of benzene rings is 2. The van der Waals surface area contributed by atoms with Crippen LogP contribution >= 0.6 is 11.3 Å². The van der Waals surface area contributed by atoms with Crippen LogP contribution in [0.1, 0.15) is 5.01 Å². The molecule has 1 heterocycles. The molecule has 3 rings (SSSR count). The highest BCUT2D eigenvalue weighted by Crippen LogP contribution is 2.21. The van der Waals surface area contributed by atoms with E-state index >= 15 is 0 Å². The lowest BCUT2D eigenvalue weighted by Gasteiger charge is -2.11. The molecule has 5 nitrogen and oxygen atoms in total.